The average Bonchev–Trinajstić information content (AvgIpc) is 2.25. The molecule has 0 radical (unpaired) electrons. The predicted molar refractivity (Wildman–Crippen MR) is 53.4 cm³/mol. The minimum absolute atomic E-state index is 0.0403. The summed E-state index contributed by atoms with van der Waals surface area (Å²) in [7, 11) is 1.44. The lowest BCUT2D eigenvalue weighted by atomic mass is 10.2. The molecule has 0 aliphatic carbocycles. The van der Waals surface area contributed by atoms with Gasteiger partial charge >= 0.3 is 0 Å². The van der Waals surface area contributed by atoms with E-state index in [1.807, 2.05) is 0 Å². The van der Waals surface area contributed by atoms with Crippen molar-refractivity contribution in [3.63, 3.8) is 0 Å². The van der Waals surface area contributed by atoms with Crippen LogP contribution in [0.5, 0.6) is 0 Å². The minimum atomic E-state index is -0.616. The summed E-state index contributed by atoms with van der Waals surface area (Å²) in [6.45, 7) is 0.129. The number of hydrogen-bond acceptors (Lipinski definition) is 4. The van der Waals surface area contributed by atoms with Crippen molar-refractivity contribution in [3.8, 4) is 0 Å². The number of anilines is 1. The molecule has 0 atom stereocenters. The zero-order valence-corrected chi connectivity index (χ0v) is 8.22. The van der Waals surface area contributed by atoms with Crippen LogP contribution in [0.2, 0.25) is 0 Å². The lowest BCUT2D eigenvalue weighted by Gasteiger charge is -2.12. The molecule has 0 fully saturated rings. The fourth-order valence-corrected chi connectivity index (χ4v) is 1.12. The predicted octanol–water partition coefficient (Wildman–Crippen LogP) is 1.93. The van der Waals surface area contributed by atoms with Crippen molar-refractivity contribution < 1.29 is 14.1 Å². The van der Waals surface area contributed by atoms with Crippen molar-refractivity contribution in [2.75, 3.05) is 25.4 Å². The van der Waals surface area contributed by atoms with Crippen LogP contribution in [0.1, 0.15) is 0 Å². The van der Waals surface area contributed by atoms with Gasteiger partial charge in [0.25, 0.3) is 5.69 Å². The van der Waals surface area contributed by atoms with Crippen LogP contribution in [-0.2, 0) is 4.74 Å². The van der Waals surface area contributed by atoms with Crippen LogP contribution < -0.4 is 5.12 Å². The Hall–Kier alpha value is -1.69. The van der Waals surface area contributed by atoms with Gasteiger partial charge in [0.05, 0.1) is 18.1 Å². The highest BCUT2D eigenvalue weighted by molar-refractivity contribution is 5.61. The molecule has 15 heavy (non-hydrogen) atoms. The number of nitrogens with zero attached hydrogens (tertiary/aromatic N) is 2. The van der Waals surface area contributed by atoms with Crippen molar-refractivity contribution in [2.45, 2.75) is 0 Å². The summed E-state index contributed by atoms with van der Waals surface area (Å²) >= 11 is 0. The number of nitro benzene ring substituents is 1. The molecule has 1 aromatic rings. The van der Waals surface area contributed by atoms with Gasteiger partial charge < -0.3 is 4.74 Å². The summed E-state index contributed by atoms with van der Waals surface area (Å²) < 4.78 is 18.1. The number of halogens is 1. The molecule has 0 aromatic heterocycles. The molecular weight excluding hydrogens is 203 g/mol. The third kappa shape index (κ3) is 2.88. The van der Waals surface area contributed by atoms with Crippen molar-refractivity contribution in [1.82, 2.24) is 0 Å². The molecule has 0 spiro atoms. The van der Waals surface area contributed by atoms with Crippen LogP contribution in [-0.4, -0.2) is 25.2 Å². The van der Waals surface area contributed by atoms with E-state index in [4.69, 9.17) is 0 Å². The Morgan fingerprint density at radius 2 is 2.20 bits per heavy atom. The molecule has 82 valence electrons. The molecule has 0 bridgehead atoms. The first-order valence-corrected chi connectivity index (χ1v) is 4.32. The quantitative estimate of drug-likeness (QED) is 0.427. The van der Waals surface area contributed by atoms with Crippen LogP contribution in [0.3, 0.4) is 0 Å². The maximum Gasteiger partial charge on any atom is 0.295 e. The second kappa shape index (κ2) is 5.26. The Morgan fingerprint density at radius 1 is 1.53 bits per heavy atom. The second-order valence-electron chi connectivity index (χ2n) is 2.82. The number of hydrogen-bond donors (Lipinski definition) is 0. The Bertz CT molecular complexity index is 346. The molecule has 0 N–H and O–H groups in total. The summed E-state index contributed by atoms with van der Waals surface area (Å²) in [6, 6.07) is 5.65. The van der Waals surface area contributed by atoms with E-state index >= 15 is 0 Å². The SMILES string of the molecule is COCCN(F)c1ccccc1[N+](=O)[O-]. The van der Waals surface area contributed by atoms with Crippen LogP contribution in [0.15, 0.2) is 24.3 Å². The molecular formula is C9H11FN2O3. The monoisotopic (exact) mass is 214 g/mol. The molecule has 1 aromatic carbocycles. The fourth-order valence-electron chi connectivity index (χ4n) is 1.12. The van der Waals surface area contributed by atoms with Gasteiger partial charge in [-0.1, -0.05) is 16.6 Å². The molecule has 0 aliphatic heterocycles. The van der Waals surface area contributed by atoms with E-state index in [0.717, 1.165) is 0 Å². The van der Waals surface area contributed by atoms with Crippen molar-refractivity contribution >= 4 is 11.4 Å². The van der Waals surface area contributed by atoms with E-state index in [2.05, 4.69) is 4.74 Å². The Balaban J connectivity index is 2.87. The summed E-state index contributed by atoms with van der Waals surface area (Å²) in [5.41, 5.74) is -0.310. The minimum Gasteiger partial charge on any atom is -0.383 e. The van der Waals surface area contributed by atoms with Crippen LogP contribution in [0.25, 0.3) is 0 Å². The first-order chi connectivity index (χ1) is 7.16. The smallest absolute Gasteiger partial charge is 0.295 e. The number of nitro groups is 1. The zero-order chi connectivity index (χ0) is 11.3. The summed E-state index contributed by atoms with van der Waals surface area (Å²) in [4.78, 5) is 9.96. The molecule has 0 saturated heterocycles. The number of benzene rings is 1. The molecule has 6 heteroatoms. The van der Waals surface area contributed by atoms with Gasteiger partial charge in [-0.2, -0.15) is 0 Å². The van der Waals surface area contributed by atoms with Crippen LogP contribution >= 0.6 is 0 Å². The molecule has 0 heterocycles. The molecule has 0 aliphatic rings. The lowest BCUT2D eigenvalue weighted by Crippen LogP contribution is -2.18. The Labute approximate surface area is 86.2 Å². The van der Waals surface area contributed by atoms with E-state index in [-0.39, 0.29) is 24.5 Å². The maximum absolute atomic E-state index is 13.4. The summed E-state index contributed by atoms with van der Waals surface area (Å²) in [5.74, 6) is 0. The van der Waals surface area contributed by atoms with Gasteiger partial charge in [-0.25, -0.2) is 5.12 Å². The van der Waals surface area contributed by atoms with E-state index < -0.39 is 4.92 Å². The van der Waals surface area contributed by atoms with Crippen molar-refractivity contribution in [2.24, 2.45) is 0 Å². The Kier molecular flexibility index (Phi) is 3.99. The van der Waals surface area contributed by atoms with Gasteiger partial charge in [0, 0.05) is 13.2 Å². The van der Waals surface area contributed by atoms with Crippen LogP contribution in [0.4, 0.5) is 15.9 Å². The number of para-hydroxylation sites is 2. The van der Waals surface area contributed by atoms with E-state index in [1.54, 1.807) is 6.07 Å². The summed E-state index contributed by atoms with van der Waals surface area (Å²) in [6.07, 6.45) is 0. The van der Waals surface area contributed by atoms with E-state index in [1.165, 1.54) is 25.3 Å². The highest BCUT2D eigenvalue weighted by atomic mass is 19.2. The molecule has 5 nitrogen and oxygen atoms in total. The molecule has 0 saturated carbocycles. The summed E-state index contributed by atoms with van der Waals surface area (Å²) in [5, 5.41) is 10.9. The highest BCUT2D eigenvalue weighted by Crippen LogP contribution is 2.27. The first-order valence-electron chi connectivity index (χ1n) is 4.32. The van der Waals surface area contributed by atoms with Crippen molar-refractivity contribution in [3.05, 3.63) is 34.4 Å². The van der Waals surface area contributed by atoms with Crippen molar-refractivity contribution in [1.29, 1.82) is 0 Å². The van der Waals surface area contributed by atoms with Gasteiger partial charge in [0.2, 0.25) is 0 Å². The molecule has 0 amide bonds. The zero-order valence-electron chi connectivity index (χ0n) is 8.22. The second-order valence-corrected chi connectivity index (χ2v) is 2.82. The van der Waals surface area contributed by atoms with Gasteiger partial charge in [0.15, 0.2) is 0 Å². The third-order valence-electron chi connectivity index (χ3n) is 1.83. The van der Waals surface area contributed by atoms with E-state index in [0.29, 0.717) is 5.12 Å². The normalized spacial score (nSPS) is 10.0. The van der Waals surface area contributed by atoms with E-state index in [9.17, 15) is 14.6 Å². The Morgan fingerprint density at radius 3 is 2.80 bits per heavy atom. The number of methoxy groups -OCH3 is 1. The third-order valence-corrected chi connectivity index (χ3v) is 1.83. The molecule has 0 unspecified atom stereocenters. The average molecular weight is 214 g/mol. The standard InChI is InChI=1S/C9H11FN2O3/c1-15-7-6-11(10)8-4-2-3-5-9(8)12(13)14/h2-5H,6-7H2,1H3. The largest absolute Gasteiger partial charge is 0.383 e. The maximum atomic E-state index is 13.4. The van der Waals surface area contributed by atoms with Gasteiger partial charge in [-0.3, -0.25) is 10.1 Å². The topological polar surface area (TPSA) is 55.6 Å². The number of rotatable bonds is 5. The number of ether oxygens (including phenoxy) is 1. The van der Waals surface area contributed by atoms with Crippen LogP contribution in [0, 0.1) is 10.1 Å². The van der Waals surface area contributed by atoms with Gasteiger partial charge in [-0.15, -0.1) is 0 Å². The highest BCUT2D eigenvalue weighted by Gasteiger charge is 2.17. The lowest BCUT2D eigenvalue weighted by molar-refractivity contribution is -0.384. The first kappa shape index (κ1) is 11.4. The van der Waals surface area contributed by atoms with Gasteiger partial charge in [0.1, 0.15) is 5.69 Å². The fraction of sp³-hybridized carbons (Fsp3) is 0.333. The molecule has 1 rings (SSSR count). The van der Waals surface area contributed by atoms with Gasteiger partial charge in [-0.05, 0) is 6.07 Å².